The Morgan fingerprint density at radius 2 is 2.13 bits per heavy atom. The Kier molecular flexibility index (Phi) is 5.77. The highest BCUT2D eigenvalue weighted by atomic mass is 32.1. The summed E-state index contributed by atoms with van der Waals surface area (Å²) in [5.74, 6) is -1.51. The summed E-state index contributed by atoms with van der Waals surface area (Å²) in [7, 11) is 0. The molecule has 31 heavy (non-hydrogen) atoms. The maximum absolute atomic E-state index is 13.6. The number of nitrogens with zero attached hydrogens (tertiary/aromatic N) is 3. The molecule has 0 spiro atoms. The molecule has 0 radical (unpaired) electrons. The number of amides is 1. The SMILES string of the molecule is C=C(C)CN=c1scc(-c2ccc3c(c2)NC(=O)CO3)n1N=Cc1ccc(F)c(F)c1. The lowest BCUT2D eigenvalue weighted by Crippen LogP contribution is -2.25. The largest absolute Gasteiger partial charge is 0.482 e. The number of carbonyl (C=O) groups excluding carboxylic acids is 1. The maximum atomic E-state index is 13.6. The molecule has 1 aliphatic rings. The first-order valence-electron chi connectivity index (χ1n) is 9.32. The molecule has 6 nitrogen and oxygen atoms in total. The minimum Gasteiger partial charge on any atom is -0.482 e. The van der Waals surface area contributed by atoms with Crippen molar-refractivity contribution >= 4 is 29.1 Å². The first kappa shape index (κ1) is 20.7. The van der Waals surface area contributed by atoms with E-state index in [1.807, 2.05) is 18.4 Å². The van der Waals surface area contributed by atoms with E-state index < -0.39 is 11.6 Å². The molecule has 158 valence electrons. The summed E-state index contributed by atoms with van der Waals surface area (Å²) in [6.45, 7) is 6.14. The Balaban J connectivity index is 1.78. The molecule has 2 heterocycles. The minimum absolute atomic E-state index is 0.0206. The fourth-order valence-electron chi connectivity index (χ4n) is 2.88. The van der Waals surface area contributed by atoms with Gasteiger partial charge in [-0.05, 0) is 42.8 Å². The van der Waals surface area contributed by atoms with Gasteiger partial charge in [0.25, 0.3) is 5.91 Å². The summed E-state index contributed by atoms with van der Waals surface area (Å²) in [6, 6.07) is 8.97. The standard InChI is InChI=1S/C22H18F2N4O2S/c1-13(2)9-25-22-28(26-10-14-3-5-16(23)17(24)7-14)19(12-31-22)15-4-6-20-18(8-15)27-21(29)11-30-20/h3-8,10,12H,1,9,11H2,2H3,(H,27,29). The second-order valence-electron chi connectivity index (χ2n) is 6.95. The van der Waals surface area contributed by atoms with E-state index in [2.05, 4.69) is 22.0 Å². The summed E-state index contributed by atoms with van der Waals surface area (Å²) >= 11 is 1.38. The van der Waals surface area contributed by atoms with Crippen molar-refractivity contribution in [1.82, 2.24) is 4.68 Å². The monoisotopic (exact) mass is 440 g/mol. The van der Waals surface area contributed by atoms with E-state index in [4.69, 9.17) is 4.74 Å². The van der Waals surface area contributed by atoms with Crippen molar-refractivity contribution in [1.29, 1.82) is 0 Å². The fourth-order valence-corrected chi connectivity index (χ4v) is 3.72. The molecule has 0 bridgehead atoms. The molecule has 1 N–H and O–H groups in total. The second-order valence-corrected chi connectivity index (χ2v) is 7.79. The second kappa shape index (κ2) is 8.65. The molecule has 0 atom stereocenters. The van der Waals surface area contributed by atoms with E-state index in [0.29, 0.717) is 34.0 Å². The van der Waals surface area contributed by atoms with Crippen LogP contribution in [0.2, 0.25) is 0 Å². The zero-order valence-electron chi connectivity index (χ0n) is 16.6. The summed E-state index contributed by atoms with van der Waals surface area (Å²) in [6.07, 6.45) is 1.43. The number of nitrogens with one attached hydrogen (secondary N) is 1. The molecule has 0 fully saturated rings. The van der Waals surface area contributed by atoms with Gasteiger partial charge < -0.3 is 10.1 Å². The van der Waals surface area contributed by atoms with E-state index in [0.717, 1.165) is 23.3 Å². The molecule has 0 aliphatic carbocycles. The van der Waals surface area contributed by atoms with Crippen LogP contribution in [0.4, 0.5) is 14.5 Å². The normalized spacial score (nSPS) is 13.8. The number of rotatable bonds is 5. The number of hydrogen-bond acceptors (Lipinski definition) is 5. The van der Waals surface area contributed by atoms with Gasteiger partial charge in [-0.25, -0.2) is 13.5 Å². The molecule has 9 heteroatoms. The van der Waals surface area contributed by atoms with Crippen LogP contribution < -0.4 is 14.9 Å². The smallest absolute Gasteiger partial charge is 0.262 e. The molecular weight excluding hydrogens is 422 g/mol. The Bertz CT molecular complexity index is 1280. The molecule has 4 rings (SSSR count). The summed E-state index contributed by atoms with van der Waals surface area (Å²) in [5, 5.41) is 9.13. The third-order valence-electron chi connectivity index (χ3n) is 4.34. The first-order valence-corrected chi connectivity index (χ1v) is 10.2. The summed E-state index contributed by atoms with van der Waals surface area (Å²) in [5.41, 5.74) is 3.35. The Morgan fingerprint density at radius 1 is 1.29 bits per heavy atom. The zero-order valence-corrected chi connectivity index (χ0v) is 17.4. The van der Waals surface area contributed by atoms with Crippen molar-refractivity contribution < 1.29 is 18.3 Å². The van der Waals surface area contributed by atoms with Gasteiger partial charge in [-0.2, -0.15) is 5.10 Å². The molecule has 2 aromatic carbocycles. The Hall–Kier alpha value is -3.59. The van der Waals surface area contributed by atoms with E-state index in [1.165, 1.54) is 23.6 Å². The number of ether oxygens (including phenoxy) is 1. The van der Waals surface area contributed by atoms with Gasteiger partial charge in [0.05, 0.1) is 24.1 Å². The highest BCUT2D eigenvalue weighted by Crippen LogP contribution is 2.32. The van der Waals surface area contributed by atoms with Crippen molar-refractivity contribution in [2.45, 2.75) is 6.92 Å². The number of anilines is 1. The van der Waals surface area contributed by atoms with Crippen molar-refractivity contribution in [3.8, 4) is 17.0 Å². The lowest BCUT2D eigenvalue weighted by atomic mass is 10.1. The predicted octanol–water partition coefficient (Wildman–Crippen LogP) is 4.18. The average molecular weight is 440 g/mol. The number of carbonyl (C=O) groups is 1. The number of halogens is 2. The number of hydrogen-bond donors (Lipinski definition) is 1. The van der Waals surface area contributed by atoms with Gasteiger partial charge in [0.15, 0.2) is 18.2 Å². The Labute approximate surface area is 180 Å². The van der Waals surface area contributed by atoms with Gasteiger partial charge in [-0.1, -0.05) is 18.2 Å². The molecule has 1 aromatic heterocycles. The lowest BCUT2D eigenvalue weighted by molar-refractivity contribution is -0.118. The fraction of sp³-hybridized carbons (Fsp3) is 0.136. The highest BCUT2D eigenvalue weighted by molar-refractivity contribution is 7.07. The topological polar surface area (TPSA) is 68.0 Å². The maximum Gasteiger partial charge on any atom is 0.262 e. The summed E-state index contributed by atoms with van der Waals surface area (Å²) in [4.78, 5) is 16.8. The quantitative estimate of drug-likeness (QED) is 0.478. The van der Waals surface area contributed by atoms with Crippen LogP contribution in [0.25, 0.3) is 11.3 Å². The van der Waals surface area contributed by atoms with Gasteiger partial charge >= 0.3 is 0 Å². The summed E-state index contributed by atoms with van der Waals surface area (Å²) < 4.78 is 33.8. The first-order chi connectivity index (χ1) is 14.9. The van der Waals surface area contributed by atoms with Crippen LogP contribution in [-0.4, -0.2) is 29.9 Å². The van der Waals surface area contributed by atoms with Crippen LogP contribution in [0.1, 0.15) is 12.5 Å². The number of fused-ring (bicyclic) bond motifs is 1. The number of aromatic nitrogens is 1. The van der Waals surface area contributed by atoms with Crippen LogP contribution in [0.3, 0.4) is 0 Å². The molecular formula is C22H18F2N4O2S. The molecule has 1 amide bonds. The van der Waals surface area contributed by atoms with Crippen molar-refractivity contribution in [3.05, 3.63) is 75.9 Å². The van der Waals surface area contributed by atoms with Crippen LogP contribution in [0.15, 0.2) is 64.0 Å². The average Bonchev–Trinajstić information content (AvgIpc) is 3.15. The van der Waals surface area contributed by atoms with E-state index in [9.17, 15) is 13.6 Å². The third kappa shape index (κ3) is 4.61. The number of benzene rings is 2. The van der Waals surface area contributed by atoms with Crippen LogP contribution in [0.5, 0.6) is 5.75 Å². The van der Waals surface area contributed by atoms with Crippen molar-refractivity contribution in [2.75, 3.05) is 18.5 Å². The Morgan fingerprint density at radius 3 is 2.90 bits per heavy atom. The van der Waals surface area contributed by atoms with Gasteiger partial charge in [0.1, 0.15) is 5.75 Å². The van der Waals surface area contributed by atoms with Gasteiger partial charge in [-0.3, -0.25) is 9.79 Å². The van der Waals surface area contributed by atoms with Crippen LogP contribution >= 0.6 is 11.3 Å². The lowest BCUT2D eigenvalue weighted by Gasteiger charge is -2.18. The van der Waals surface area contributed by atoms with Crippen LogP contribution in [0, 0.1) is 11.6 Å². The molecule has 1 aliphatic heterocycles. The molecule has 0 saturated heterocycles. The molecule has 0 saturated carbocycles. The van der Waals surface area contributed by atoms with Gasteiger partial charge in [0, 0.05) is 10.9 Å². The van der Waals surface area contributed by atoms with Gasteiger partial charge in [-0.15, -0.1) is 11.3 Å². The van der Waals surface area contributed by atoms with Gasteiger partial charge in [0.2, 0.25) is 4.80 Å². The highest BCUT2D eigenvalue weighted by Gasteiger charge is 2.17. The van der Waals surface area contributed by atoms with E-state index in [1.54, 1.807) is 16.8 Å². The van der Waals surface area contributed by atoms with Crippen molar-refractivity contribution in [3.63, 3.8) is 0 Å². The third-order valence-corrected chi connectivity index (χ3v) is 5.20. The van der Waals surface area contributed by atoms with E-state index >= 15 is 0 Å². The minimum atomic E-state index is -0.947. The number of thiazole rings is 1. The molecule has 3 aromatic rings. The molecule has 0 unspecified atom stereocenters. The predicted molar refractivity (Wildman–Crippen MR) is 116 cm³/mol. The zero-order chi connectivity index (χ0) is 22.0. The van der Waals surface area contributed by atoms with Crippen LogP contribution in [-0.2, 0) is 4.79 Å². The van der Waals surface area contributed by atoms with Crippen molar-refractivity contribution in [2.24, 2.45) is 10.1 Å². The van der Waals surface area contributed by atoms with E-state index in [-0.39, 0.29) is 12.5 Å².